The fourth-order valence-corrected chi connectivity index (χ4v) is 1.83. The van der Waals surface area contributed by atoms with Crippen LogP contribution in [0.2, 0.25) is 0 Å². The molecule has 0 saturated carbocycles. The molecule has 1 heterocycles. The summed E-state index contributed by atoms with van der Waals surface area (Å²) in [4.78, 5) is 13.6. The summed E-state index contributed by atoms with van der Waals surface area (Å²) in [5, 5.41) is 12.9. The number of carbonyl (C=O) groups is 1. The summed E-state index contributed by atoms with van der Waals surface area (Å²) in [6.07, 6.45) is -1.06. The van der Waals surface area contributed by atoms with Gasteiger partial charge < -0.3 is 19.9 Å². The molecule has 0 aromatic carbocycles. The van der Waals surface area contributed by atoms with E-state index in [1.165, 1.54) is 0 Å². The van der Waals surface area contributed by atoms with Crippen molar-refractivity contribution in [2.24, 2.45) is 0 Å². The molecule has 0 aromatic heterocycles. The molecule has 1 aliphatic heterocycles. The van der Waals surface area contributed by atoms with Crippen LogP contribution in [0.4, 0.5) is 4.79 Å². The monoisotopic (exact) mass is 260 g/mol. The Labute approximate surface area is 108 Å². The van der Waals surface area contributed by atoms with Crippen LogP contribution in [-0.2, 0) is 9.47 Å². The second-order valence-electron chi connectivity index (χ2n) is 5.44. The van der Waals surface area contributed by atoms with Crippen LogP contribution in [0, 0.1) is 0 Å². The topological polar surface area (TPSA) is 71.0 Å². The Morgan fingerprint density at radius 2 is 2.28 bits per heavy atom. The molecule has 1 rings (SSSR count). The van der Waals surface area contributed by atoms with Gasteiger partial charge >= 0.3 is 6.09 Å². The molecule has 1 saturated heterocycles. The van der Waals surface area contributed by atoms with Crippen LogP contribution < -0.4 is 5.32 Å². The maximum absolute atomic E-state index is 12.0. The number of aliphatic hydroxyl groups is 1. The van der Waals surface area contributed by atoms with Gasteiger partial charge in [-0.25, -0.2) is 4.79 Å². The number of rotatable bonds is 3. The Morgan fingerprint density at radius 3 is 2.83 bits per heavy atom. The lowest BCUT2D eigenvalue weighted by Crippen LogP contribution is -2.57. The van der Waals surface area contributed by atoms with Crippen LogP contribution in [0.5, 0.6) is 0 Å². The number of amides is 1. The molecule has 1 aliphatic rings. The fourth-order valence-electron chi connectivity index (χ4n) is 1.83. The molecule has 0 aromatic rings. The van der Waals surface area contributed by atoms with E-state index in [4.69, 9.17) is 9.47 Å². The summed E-state index contributed by atoms with van der Waals surface area (Å²) >= 11 is 0. The summed E-state index contributed by atoms with van der Waals surface area (Å²) in [7, 11) is 1.75. The van der Waals surface area contributed by atoms with E-state index in [0.717, 1.165) is 0 Å². The normalized spacial score (nSPS) is 22.7. The molecule has 1 amide bonds. The number of hydrogen-bond acceptors (Lipinski definition) is 5. The van der Waals surface area contributed by atoms with Gasteiger partial charge in [0.15, 0.2) is 0 Å². The van der Waals surface area contributed by atoms with Crippen LogP contribution >= 0.6 is 0 Å². The summed E-state index contributed by atoms with van der Waals surface area (Å²) in [6.45, 7) is 7.14. The van der Waals surface area contributed by atoms with E-state index in [9.17, 15) is 9.90 Å². The van der Waals surface area contributed by atoms with E-state index in [1.807, 2.05) is 20.8 Å². The molecule has 2 N–H and O–H groups in total. The molecule has 6 heteroatoms. The van der Waals surface area contributed by atoms with Crippen LogP contribution in [0.1, 0.15) is 20.8 Å². The van der Waals surface area contributed by atoms with Crippen molar-refractivity contribution in [3.63, 3.8) is 0 Å². The highest BCUT2D eigenvalue weighted by atomic mass is 16.6. The van der Waals surface area contributed by atoms with Crippen molar-refractivity contribution < 1.29 is 19.4 Å². The van der Waals surface area contributed by atoms with E-state index in [0.29, 0.717) is 26.3 Å². The second kappa shape index (κ2) is 6.36. The highest BCUT2D eigenvalue weighted by molar-refractivity contribution is 5.68. The molecular formula is C12H24N2O4. The lowest BCUT2D eigenvalue weighted by Gasteiger charge is -2.38. The molecule has 0 spiro atoms. The molecule has 6 nitrogen and oxygen atoms in total. The maximum Gasteiger partial charge on any atom is 0.410 e. The first-order valence-electron chi connectivity index (χ1n) is 6.25. The van der Waals surface area contributed by atoms with Crippen molar-refractivity contribution in [2.45, 2.75) is 38.5 Å². The highest BCUT2D eigenvalue weighted by Crippen LogP contribution is 2.16. The zero-order valence-corrected chi connectivity index (χ0v) is 11.6. The third kappa shape index (κ3) is 4.44. The predicted octanol–water partition coefficient (Wildman–Crippen LogP) is 0.203. The number of morpholine rings is 1. The minimum Gasteiger partial charge on any atom is -0.444 e. The molecular weight excluding hydrogens is 236 g/mol. The van der Waals surface area contributed by atoms with Crippen LogP contribution in [0.15, 0.2) is 0 Å². The van der Waals surface area contributed by atoms with Crippen LogP contribution in [-0.4, -0.2) is 67.2 Å². The Morgan fingerprint density at radius 1 is 1.61 bits per heavy atom. The molecule has 2 unspecified atom stereocenters. The number of carbonyl (C=O) groups excluding carboxylic acids is 1. The first-order chi connectivity index (χ1) is 8.35. The molecule has 0 bridgehead atoms. The first kappa shape index (κ1) is 15.2. The molecule has 0 radical (unpaired) electrons. The van der Waals surface area contributed by atoms with Crippen LogP contribution in [0.25, 0.3) is 0 Å². The van der Waals surface area contributed by atoms with E-state index >= 15 is 0 Å². The van der Waals surface area contributed by atoms with Crippen molar-refractivity contribution in [1.82, 2.24) is 10.2 Å². The number of nitrogens with zero attached hydrogens (tertiary/aromatic N) is 1. The number of aliphatic hydroxyl groups excluding tert-OH is 1. The van der Waals surface area contributed by atoms with Crippen molar-refractivity contribution in [2.75, 3.05) is 33.4 Å². The van der Waals surface area contributed by atoms with Crippen molar-refractivity contribution in [3.8, 4) is 0 Å². The second-order valence-corrected chi connectivity index (χ2v) is 5.44. The van der Waals surface area contributed by atoms with Gasteiger partial charge in [-0.2, -0.15) is 0 Å². The summed E-state index contributed by atoms with van der Waals surface area (Å²) in [6, 6.07) is -0.360. The summed E-state index contributed by atoms with van der Waals surface area (Å²) in [5.74, 6) is 0. The van der Waals surface area contributed by atoms with Gasteiger partial charge in [-0.3, -0.25) is 4.90 Å². The van der Waals surface area contributed by atoms with Gasteiger partial charge in [0, 0.05) is 13.1 Å². The lowest BCUT2D eigenvalue weighted by molar-refractivity contribution is -0.0653. The highest BCUT2D eigenvalue weighted by Gasteiger charge is 2.34. The molecule has 0 aliphatic carbocycles. The van der Waals surface area contributed by atoms with Gasteiger partial charge in [-0.1, -0.05) is 0 Å². The molecule has 2 atom stereocenters. The Hall–Kier alpha value is -0.850. The fraction of sp³-hybridized carbons (Fsp3) is 0.917. The van der Waals surface area contributed by atoms with E-state index < -0.39 is 17.8 Å². The van der Waals surface area contributed by atoms with Crippen LogP contribution in [0.3, 0.4) is 0 Å². The zero-order valence-electron chi connectivity index (χ0n) is 11.6. The van der Waals surface area contributed by atoms with Crippen molar-refractivity contribution in [3.05, 3.63) is 0 Å². The van der Waals surface area contributed by atoms with Crippen molar-refractivity contribution >= 4 is 6.09 Å². The largest absolute Gasteiger partial charge is 0.444 e. The summed E-state index contributed by atoms with van der Waals surface area (Å²) < 4.78 is 10.7. The van der Waals surface area contributed by atoms with Gasteiger partial charge in [-0.15, -0.1) is 0 Å². The third-order valence-electron chi connectivity index (χ3n) is 2.65. The third-order valence-corrected chi connectivity index (χ3v) is 2.65. The van der Waals surface area contributed by atoms with E-state index in [-0.39, 0.29) is 6.04 Å². The average Bonchev–Trinajstić information content (AvgIpc) is 2.27. The Balaban J connectivity index is 2.67. The SMILES string of the molecule is CNCC(O)C1COCCN1C(=O)OC(C)(C)C. The number of hydrogen-bond donors (Lipinski definition) is 2. The number of likely N-dealkylation sites (N-methyl/N-ethyl adjacent to an activating group) is 1. The van der Waals surface area contributed by atoms with Gasteiger partial charge in [0.2, 0.25) is 0 Å². The number of ether oxygens (including phenoxy) is 2. The van der Waals surface area contributed by atoms with E-state index in [1.54, 1.807) is 11.9 Å². The smallest absolute Gasteiger partial charge is 0.410 e. The Bertz CT molecular complexity index is 278. The summed E-state index contributed by atoms with van der Waals surface area (Å²) in [5.41, 5.74) is -0.534. The van der Waals surface area contributed by atoms with E-state index in [2.05, 4.69) is 5.32 Å². The number of nitrogens with one attached hydrogen (secondary N) is 1. The predicted molar refractivity (Wildman–Crippen MR) is 67.5 cm³/mol. The molecule has 1 fully saturated rings. The minimum atomic E-state index is -0.664. The average molecular weight is 260 g/mol. The quantitative estimate of drug-likeness (QED) is 0.758. The van der Waals surface area contributed by atoms with Gasteiger partial charge in [0.1, 0.15) is 5.60 Å². The Kier molecular flexibility index (Phi) is 5.37. The standard InChI is InChI=1S/C12H24N2O4/c1-12(2,3)18-11(16)14-5-6-17-8-9(14)10(15)7-13-4/h9-10,13,15H,5-8H2,1-4H3. The zero-order chi connectivity index (χ0) is 13.8. The molecule has 106 valence electrons. The van der Waals surface area contributed by atoms with Gasteiger partial charge in [0.25, 0.3) is 0 Å². The van der Waals surface area contributed by atoms with Gasteiger partial charge in [0.05, 0.1) is 25.4 Å². The van der Waals surface area contributed by atoms with Crippen molar-refractivity contribution in [1.29, 1.82) is 0 Å². The van der Waals surface area contributed by atoms with Gasteiger partial charge in [-0.05, 0) is 27.8 Å². The first-order valence-corrected chi connectivity index (χ1v) is 6.25. The molecule has 18 heavy (non-hydrogen) atoms. The lowest BCUT2D eigenvalue weighted by atomic mass is 10.1. The minimum absolute atomic E-state index is 0.335. The maximum atomic E-state index is 12.0.